The van der Waals surface area contributed by atoms with E-state index in [1.165, 1.54) is 0 Å². The van der Waals surface area contributed by atoms with Gasteiger partial charge in [-0.15, -0.1) is 0 Å². The summed E-state index contributed by atoms with van der Waals surface area (Å²) >= 11 is 15.3. The molecule has 2 aromatic rings. The van der Waals surface area contributed by atoms with Gasteiger partial charge in [-0.25, -0.2) is 0 Å². The Morgan fingerprint density at radius 1 is 1.11 bits per heavy atom. The van der Waals surface area contributed by atoms with Gasteiger partial charge in [0.05, 0.1) is 5.02 Å². The Bertz CT molecular complexity index is 523. The van der Waals surface area contributed by atoms with Crippen molar-refractivity contribution in [1.29, 1.82) is 0 Å². The molecule has 5 heteroatoms. The molecule has 0 fully saturated rings. The van der Waals surface area contributed by atoms with Crippen molar-refractivity contribution in [3.05, 3.63) is 56.5 Å². The molecule has 0 aliphatic rings. The van der Waals surface area contributed by atoms with E-state index in [-0.39, 0.29) is 0 Å². The van der Waals surface area contributed by atoms with Gasteiger partial charge in [0, 0.05) is 20.7 Å². The Hall–Kier alpha value is -0.900. The first-order valence-corrected chi connectivity index (χ1v) is 6.73. The highest BCUT2D eigenvalue weighted by molar-refractivity contribution is 9.10. The largest absolute Gasteiger partial charge is 0.487 e. The highest BCUT2D eigenvalue weighted by Crippen LogP contribution is 2.29. The summed E-state index contributed by atoms with van der Waals surface area (Å²) in [5.74, 6) is 0.602. The number of anilines is 1. The lowest BCUT2D eigenvalue weighted by molar-refractivity contribution is 0.305. The quantitative estimate of drug-likeness (QED) is 0.801. The summed E-state index contributed by atoms with van der Waals surface area (Å²) in [6.07, 6.45) is 0. The fraction of sp³-hybridized carbons (Fsp3) is 0.0769. The van der Waals surface area contributed by atoms with Gasteiger partial charge in [0.15, 0.2) is 0 Å². The van der Waals surface area contributed by atoms with E-state index in [0.29, 0.717) is 28.1 Å². The third kappa shape index (κ3) is 3.31. The van der Waals surface area contributed by atoms with Crippen molar-refractivity contribution in [2.45, 2.75) is 6.61 Å². The molecular formula is C13H10BrCl2NO. The van der Waals surface area contributed by atoms with Crippen molar-refractivity contribution in [2.75, 3.05) is 5.73 Å². The maximum absolute atomic E-state index is 6.02. The number of nitrogen functional groups attached to an aromatic ring is 1. The molecule has 0 radical (unpaired) electrons. The van der Waals surface area contributed by atoms with Crippen LogP contribution in [0.25, 0.3) is 0 Å². The topological polar surface area (TPSA) is 35.2 Å². The minimum Gasteiger partial charge on any atom is -0.487 e. The summed E-state index contributed by atoms with van der Waals surface area (Å²) in [4.78, 5) is 0. The molecule has 2 aromatic carbocycles. The monoisotopic (exact) mass is 345 g/mol. The van der Waals surface area contributed by atoms with Gasteiger partial charge in [0.25, 0.3) is 0 Å². The maximum atomic E-state index is 6.02. The van der Waals surface area contributed by atoms with Gasteiger partial charge in [-0.2, -0.15) is 0 Å². The smallest absolute Gasteiger partial charge is 0.138 e. The maximum Gasteiger partial charge on any atom is 0.138 e. The molecule has 18 heavy (non-hydrogen) atoms. The molecule has 0 spiro atoms. The van der Waals surface area contributed by atoms with Crippen molar-refractivity contribution >= 4 is 44.8 Å². The van der Waals surface area contributed by atoms with Crippen LogP contribution in [0.15, 0.2) is 40.9 Å². The second-order valence-electron chi connectivity index (χ2n) is 3.71. The Balaban J connectivity index is 2.11. The van der Waals surface area contributed by atoms with E-state index in [4.69, 9.17) is 33.7 Å². The SMILES string of the molecule is Nc1ccc(COc2ccc(Cl)cc2Cl)c(Br)c1. The predicted molar refractivity (Wildman–Crippen MR) is 79.3 cm³/mol. The first kappa shape index (κ1) is 13.5. The minimum absolute atomic E-state index is 0.405. The van der Waals surface area contributed by atoms with E-state index in [2.05, 4.69) is 15.9 Å². The van der Waals surface area contributed by atoms with Crippen molar-refractivity contribution in [1.82, 2.24) is 0 Å². The zero-order valence-electron chi connectivity index (χ0n) is 9.29. The second-order valence-corrected chi connectivity index (χ2v) is 5.41. The van der Waals surface area contributed by atoms with Gasteiger partial charge in [0.2, 0.25) is 0 Å². The highest BCUT2D eigenvalue weighted by Gasteiger charge is 2.05. The van der Waals surface area contributed by atoms with Crippen LogP contribution in [0.3, 0.4) is 0 Å². The molecular weight excluding hydrogens is 337 g/mol. The Morgan fingerprint density at radius 3 is 2.56 bits per heavy atom. The van der Waals surface area contributed by atoms with Crippen molar-refractivity contribution in [3.63, 3.8) is 0 Å². The van der Waals surface area contributed by atoms with E-state index < -0.39 is 0 Å². The molecule has 0 aliphatic heterocycles. The first-order chi connectivity index (χ1) is 8.56. The molecule has 0 aromatic heterocycles. The van der Waals surface area contributed by atoms with Crippen LogP contribution in [0.5, 0.6) is 5.75 Å². The van der Waals surface area contributed by atoms with Crippen LogP contribution in [0.2, 0.25) is 10.0 Å². The Labute approximate surface area is 124 Å². The fourth-order valence-electron chi connectivity index (χ4n) is 1.43. The minimum atomic E-state index is 0.405. The lowest BCUT2D eigenvalue weighted by Crippen LogP contribution is -1.97. The fourth-order valence-corrected chi connectivity index (χ4v) is 2.40. The van der Waals surface area contributed by atoms with Gasteiger partial charge in [0.1, 0.15) is 12.4 Å². The Kier molecular flexibility index (Phi) is 4.38. The van der Waals surface area contributed by atoms with Crippen LogP contribution in [-0.2, 0) is 6.61 Å². The van der Waals surface area contributed by atoms with Crippen molar-refractivity contribution in [2.24, 2.45) is 0 Å². The molecule has 2 rings (SSSR count). The average molecular weight is 347 g/mol. The van der Waals surface area contributed by atoms with E-state index in [1.807, 2.05) is 18.2 Å². The van der Waals surface area contributed by atoms with E-state index in [0.717, 1.165) is 10.0 Å². The number of ether oxygens (including phenoxy) is 1. The van der Waals surface area contributed by atoms with Crippen LogP contribution < -0.4 is 10.5 Å². The average Bonchev–Trinajstić information content (AvgIpc) is 2.30. The molecule has 2 nitrogen and oxygen atoms in total. The standard InChI is InChI=1S/C13H10BrCl2NO/c14-11-6-10(17)3-1-8(11)7-18-13-4-2-9(15)5-12(13)16/h1-6H,7,17H2. The number of nitrogens with two attached hydrogens (primary N) is 1. The zero-order valence-corrected chi connectivity index (χ0v) is 12.4. The summed E-state index contributed by atoms with van der Waals surface area (Å²) in [5, 5.41) is 1.08. The molecule has 0 unspecified atom stereocenters. The summed E-state index contributed by atoms with van der Waals surface area (Å²) in [7, 11) is 0. The van der Waals surface area contributed by atoms with Crippen LogP contribution in [0.4, 0.5) is 5.69 Å². The molecule has 0 saturated carbocycles. The van der Waals surface area contributed by atoms with Gasteiger partial charge in [-0.1, -0.05) is 45.2 Å². The van der Waals surface area contributed by atoms with E-state index in [1.54, 1.807) is 18.2 Å². The Morgan fingerprint density at radius 2 is 1.89 bits per heavy atom. The van der Waals surface area contributed by atoms with Crippen molar-refractivity contribution in [3.8, 4) is 5.75 Å². The number of rotatable bonds is 3. The van der Waals surface area contributed by atoms with Crippen LogP contribution in [-0.4, -0.2) is 0 Å². The predicted octanol–water partition coefficient (Wildman–Crippen LogP) is 4.92. The first-order valence-electron chi connectivity index (χ1n) is 5.18. The molecule has 0 aliphatic carbocycles. The summed E-state index contributed by atoms with van der Waals surface area (Å²) in [6.45, 7) is 0.405. The van der Waals surface area contributed by atoms with E-state index >= 15 is 0 Å². The molecule has 0 bridgehead atoms. The summed E-state index contributed by atoms with van der Waals surface area (Å²) in [5.41, 5.74) is 7.37. The lowest BCUT2D eigenvalue weighted by atomic mass is 10.2. The van der Waals surface area contributed by atoms with E-state index in [9.17, 15) is 0 Å². The number of halogens is 3. The van der Waals surface area contributed by atoms with Crippen LogP contribution in [0.1, 0.15) is 5.56 Å². The van der Waals surface area contributed by atoms with Crippen molar-refractivity contribution < 1.29 is 4.74 Å². The molecule has 2 N–H and O–H groups in total. The highest BCUT2D eigenvalue weighted by atomic mass is 79.9. The molecule has 0 atom stereocenters. The second kappa shape index (κ2) is 5.83. The van der Waals surface area contributed by atoms with Gasteiger partial charge < -0.3 is 10.5 Å². The molecule has 0 heterocycles. The number of hydrogen-bond donors (Lipinski definition) is 1. The van der Waals surface area contributed by atoms with Gasteiger partial charge >= 0.3 is 0 Å². The zero-order chi connectivity index (χ0) is 13.1. The van der Waals surface area contributed by atoms with Crippen LogP contribution >= 0.6 is 39.1 Å². The number of hydrogen-bond acceptors (Lipinski definition) is 2. The molecule has 0 amide bonds. The summed E-state index contributed by atoms with van der Waals surface area (Å²) in [6, 6.07) is 10.7. The van der Waals surface area contributed by atoms with Gasteiger partial charge in [-0.05, 0) is 30.3 Å². The normalized spacial score (nSPS) is 10.4. The number of benzene rings is 2. The van der Waals surface area contributed by atoms with Crippen LogP contribution in [0, 0.1) is 0 Å². The third-order valence-electron chi connectivity index (χ3n) is 2.35. The third-order valence-corrected chi connectivity index (χ3v) is 3.62. The summed E-state index contributed by atoms with van der Waals surface area (Å²) < 4.78 is 6.55. The molecule has 0 saturated heterocycles. The molecule has 94 valence electrons. The van der Waals surface area contributed by atoms with Gasteiger partial charge in [-0.3, -0.25) is 0 Å². The lowest BCUT2D eigenvalue weighted by Gasteiger charge is -2.10.